The van der Waals surface area contributed by atoms with Crippen LogP contribution in [0.1, 0.15) is 27.6 Å². The van der Waals surface area contributed by atoms with Crippen molar-refractivity contribution < 1.29 is 24.2 Å². The third-order valence-corrected chi connectivity index (χ3v) is 3.04. The number of carboxylic acids is 1. The molecular weight excluding hydrogens is 312 g/mol. The highest BCUT2D eigenvalue weighted by Gasteiger charge is 2.08. The SMILES string of the molecule is CCOC(=O)c1ccc(NC(=O)Nc2ccc(C(=O)O)cc2)cc1. The number of esters is 1. The second-order valence-electron chi connectivity index (χ2n) is 4.76. The van der Waals surface area contributed by atoms with Gasteiger partial charge in [-0.2, -0.15) is 0 Å². The Bertz CT molecular complexity index is 739. The van der Waals surface area contributed by atoms with E-state index in [2.05, 4.69) is 10.6 Å². The molecule has 0 spiro atoms. The van der Waals surface area contributed by atoms with Gasteiger partial charge in [-0.05, 0) is 55.5 Å². The zero-order valence-electron chi connectivity index (χ0n) is 12.9. The lowest BCUT2D eigenvalue weighted by atomic mass is 10.2. The van der Waals surface area contributed by atoms with Crippen LogP contribution in [-0.4, -0.2) is 29.7 Å². The predicted molar refractivity (Wildman–Crippen MR) is 88.4 cm³/mol. The first-order chi connectivity index (χ1) is 11.5. The molecule has 7 nitrogen and oxygen atoms in total. The number of carboxylic acid groups (broad SMARTS) is 1. The number of anilines is 2. The van der Waals surface area contributed by atoms with Gasteiger partial charge in [-0.1, -0.05) is 0 Å². The van der Waals surface area contributed by atoms with Crippen molar-refractivity contribution in [3.05, 3.63) is 59.7 Å². The molecule has 0 aliphatic carbocycles. The van der Waals surface area contributed by atoms with Crippen LogP contribution in [0.3, 0.4) is 0 Å². The van der Waals surface area contributed by atoms with Crippen LogP contribution in [-0.2, 0) is 4.74 Å². The smallest absolute Gasteiger partial charge is 0.338 e. The summed E-state index contributed by atoms with van der Waals surface area (Å²) >= 11 is 0. The van der Waals surface area contributed by atoms with E-state index in [1.807, 2.05) is 0 Å². The van der Waals surface area contributed by atoms with Crippen molar-refractivity contribution in [2.24, 2.45) is 0 Å². The van der Waals surface area contributed by atoms with Gasteiger partial charge in [0.15, 0.2) is 0 Å². The number of hydrogen-bond acceptors (Lipinski definition) is 4. The van der Waals surface area contributed by atoms with Gasteiger partial charge < -0.3 is 20.5 Å². The quantitative estimate of drug-likeness (QED) is 0.731. The molecule has 0 bridgehead atoms. The summed E-state index contributed by atoms with van der Waals surface area (Å²) in [6, 6.07) is 11.6. The molecule has 0 aliphatic rings. The minimum absolute atomic E-state index is 0.135. The maximum atomic E-state index is 11.9. The molecule has 0 radical (unpaired) electrons. The Morgan fingerprint density at radius 2 is 1.33 bits per heavy atom. The molecule has 0 heterocycles. The van der Waals surface area contributed by atoms with E-state index in [1.54, 1.807) is 31.2 Å². The first-order valence-corrected chi connectivity index (χ1v) is 7.18. The highest BCUT2D eigenvalue weighted by Crippen LogP contribution is 2.13. The molecule has 2 rings (SSSR count). The van der Waals surface area contributed by atoms with Crippen molar-refractivity contribution in [2.45, 2.75) is 6.92 Å². The van der Waals surface area contributed by atoms with E-state index < -0.39 is 18.0 Å². The van der Waals surface area contributed by atoms with Crippen molar-refractivity contribution in [3.8, 4) is 0 Å². The van der Waals surface area contributed by atoms with Gasteiger partial charge in [-0.3, -0.25) is 0 Å². The second kappa shape index (κ2) is 7.77. The van der Waals surface area contributed by atoms with Crippen LogP contribution in [0.4, 0.5) is 16.2 Å². The molecule has 0 saturated heterocycles. The fourth-order valence-corrected chi connectivity index (χ4v) is 1.89. The topological polar surface area (TPSA) is 105 Å². The minimum Gasteiger partial charge on any atom is -0.478 e. The molecule has 0 aromatic heterocycles. The molecule has 0 saturated carbocycles. The van der Waals surface area contributed by atoms with Crippen molar-refractivity contribution in [3.63, 3.8) is 0 Å². The van der Waals surface area contributed by atoms with Gasteiger partial charge in [-0.15, -0.1) is 0 Å². The van der Waals surface area contributed by atoms with E-state index >= 15 is 0 Å². The third kappa shape index (κ3) is 4.57. The molecule has 0 fully saturated rings. The predicted octanol–water partition coefficient (Wildman–Crippen LogP) is 3.21. The highest BCUT2D eigenvalue weighted by molar-refractivity contribution is 6.00. The van der Waals surface area contributed by atoms with E-state index in [0.29, 0.717) is 23.5 Å². The van der Waals surface area contributed by atoms with Crippen LogP contribution in [0.25, 0.3) is 0 Å². The molecule has 2 amide bonds. The van der Waals surface area contributed by atoms with Crippen LogP contribution >= 0.6 is 0 Å². The van der Waals surface area contributed by atoms with E-state index in [1.165, 1.54) is 24.3 Å². The van der Waals surface area contributed by atoms with E-state index in [0.717, 1.165) is 0 Å². The van der Waals surface area contributed by atoms with Gasteiger partial charge in [0, 0.05) is 11.4 Å². The summed E-state index contributed by atoms with van der Waals surface area (Å²) in [5.74, 6) is -1.46. The van der Waals surface area contributed by atoms with E-state index in [-0.39, 0.29) is 5.56 Å². The summed E-state index contributed by atoms with van der Waals surface area (Å²) in [5.41, 5.74) is 1.49. The number of urea groups is 1. The zero-order chi connectivity index (χ0) is 17.5. The number of carbonyl (C=O) groups excluding carboxylic acids is 2. The third-order valence-electron chi connectivity index (χ3n) is 3.04. The van der Waals surface area contributed by atoms with Crippen LogP contribution in [0.5, 0.6) is 0 Å². The van der Waals surface area contributed by atoms with Gasteiger partial charge in [-0.25, -0.2) is 14.4 Å². The Balaban J connectivity index is 1.94. The number of nitrogens with one attached hydrogen (secondary N) is 2. The molecule has 2 aromatic carbocycles. The van der Waals surface area contributed by atoms with Gasteiger partial charge in [0.05, 0.1) is 17.7 Å². The number of aromatic carboxylic acids is 1. The number of carbonyl (C=O) groups is 3. The number of benzene rings is 2. The summed E-state index contributed by atoms with van der Waals surface area (Å²) in [6.07, 6.45) is 0. The molecular formula is C17H16N2O5. The average molecular weight is 328 g/mol. The first-order valence-electron chi connectivity index (χ1n) is 7.18. The van der Waals surface area contributed by atoms with Gasteiger partial charge in [0.25, 0.3) is 0 Å². The Morgan fingerprint density at radius 1 is 0.875 bits per heavy atom. The Kier molecular flexibility index (Phi) is 5.51. The van der Waals surface area contributed by atoms with Crippen LogP contribution in [0.15, 0.2) is 48.5 Å². The van der Waals surface area contributed by atoms with Crippen molar-refractivity contribution in [1.82, 2.24) is 0 Å². The van der Waals surface area contributed by atoms with Crippen molar-refractivity contribution in [1.29, 1.82) is 0 Å². The monoisotopic (exact) mass is 328 g/mol. The van der Waals surface area contributed by atoms with Gasteiger partial charge in [0.2, 0.25) is 0 Å². The zero-order valence-corrected chi connectivity index (χ0v) is 12.9. The molecule has 0 unspecified atom stereocenters. The standard InChI is InChI=1S/C17H16N2O5/c1-2-24-16(22)12-5-9-14(10-6-12)19-17(23)18-13-7-3-11(4-8-13)15(20)21/h3-10H,2H2,1H3,(H,20,21)(H2,18,19,23). The molecule has 24 heavy (non-hydrogen) atoms. The molecule has 124 valence electrons. The lowest BCUT2D eigenvalue weighted by Gasteiger charge is -2.08. The number of rotatable bonds is 5. The maximum absolute atomic E-state index is 11.9. The molecule has 2 aromatic rings. The van der Waals surface area contributed by atoms with Crippen LogP contribution in [0.2, 0.25) is 0 Å². The van der Waals surface area contributed by atoms with Gasteiger partial charge >= 0.3 is 18.0 Å². The number of hydrogen-bond donors (Lipinski definition) is 3. The largest absolute Gasteiger partial charge is 0.478 e. The summed E-state index contributed by atoms with van der Waals surface area (Å²) in [6.45, 7) is 2.02. The molecule has 0 aliphatic heterocycles. The molecule has 7 heteroatoms. The van der Waals surface area contributed by atoms with E-state index in [4.69, 9.17) is 9.84 Å². The Morgan fingerprint density at radius 3 is 1.75 bits per heavy atom. The van der Waals surface area contributed by atoms with Crippen molar-refractivity contribution >= 4 is 29.3 Å². The summed E-state index contributed by atoms with van der Waals surface area (Å²) in [4.78, 5) is 34.2. The minimum atomic E-state index is -1.03. The average Bonchev–Trinajstić information content (AvgIpc) is 2.56. The fraction of sp³-hybridized carbons (Fsp3) is 0.118. The van der Waals surface area contributed by atoms with Crippen molar-refractivity contribution in [2.75, 3.05) is 17.2 Å². The normalized spacial score (nSPS) is 9.88. The van der Waals surface area contributed by atoms with Crippen LogP contribution < -0.4 is 10.6 Å². The lowest BCUT2D eigenvalue weighted by molar-refractivity contribution is 0.0526. The second-order valence-corrected chi connectivity index (χ2v) is 4.76. The maximum Gasteiger partial charge on any atom is 0.338 e. The summed E-state index contributed by atoms with van der Waals surface area (Å²) in [5, 5.41) is 14.0. The number of ether oxygens (including phenoxy) is 1. The van der Waals surface area contributed by atoms with Crippen LogP contribution in [0, 0.1) is 0 Å². The lowest BCUT2D eigenvalue weighted by Crippen LogP contribution is -2.19. The molecule has 0 atom stereocenters. The Hall–Kier alpha value is -3.35. The highest BCUT2D eigenvalue weighted by atomic mass is 16.5. The Labute approximate surface area is 138 Å². The summed E-state index contributed by atoms with van der Waals surface area (Å²) in [7, 11) is 0. The van der Waals surface area contributed by atoms with Gasteiger partial charge in [0.1, 0.15) is 0 Å². The van der Waals surface area contributed by atoms with E-state index in [9.17, 15) is 14.4 Å². The fourth-order valence-electron chi connectivity index (χ4n) is 1.89. The number of amides is 2. The molecule has 3 N–H and O–H groups in total. The first kappa shape index (κ1) is 17.0. The summed E-state index contributed by atoms with van der Waals surface area (Å²) < 4.78 is 4.87.